The van der Waals surface area contributed by atoms with E-state index in [1.165, 1.54) is 5.52 Å². The molecule has 0 aliphatic carbocycles. The van der Waals surface area contributed by atoms with Crippen LogP contribution in [-0.2, 0) is 26.4 Å². The molecule has 3 rings (SSSR count). The highest BCUT2D eigenvalue weighted by Crippen LogP contribution is 2.17. The van der Waals surface area contributed by atoms with Crippen LogP contribution in [0.4, 0.5) is 0 Å². The Labute approximate surface area is 142 Å². The van der Waals surface area contributed by atoms with Gasteiger partial charge in [0.1, 0.15) is 11.6 Å². The van der Waals surface area contributed by atoms with Gasteiger partial charge in [-0.1, -0.05) is 12.1 Å². The zero-order valence-electron chi connectivity index (χ0n) is 12.5. The molecule has 0 unspecified atom stereocenters. The Hall–Kier alpha value is -1.56. The summed E-state index contributed by atoms with van der Waals surface area (Å²) >= 11 is 0. The maximum Gasteiger partial charge on any atom is 0.111 e. The van der Waals surface area contributed by atoms with Crippen LogP contribution >= 0.6 is 24.8 Å². The summed E-state index contributed by atoms with van der Waals surface area (Å²) in [5.41, 5.74) is 7.91. The van der Waals surface area contributed by atoms with E-state index in [0.29, 0.717) is 6.54 Å². The molecule has 0 spiro atoms. The minimum atomic E-state index is 0. The van der Waals surface area contributed by atoms with Gasteiger partial charge in [-0.15, -0.1) is 24.8 Å². The zero-order chi connectivity index (χ0) is 13.9. The predicted molar refractivity (Wildman–Crippen MR) is 93.9 cm³/mol. The van der Waals surface area contributed by atoms with E-state index < -0.39 is 0 Å². The van der Waals surface area contributed by atoms with Crippen molar-refractivity contribution in [3.8, 4) is 0 Å². The third kappa shape index (κ3) is 3.61. The molecule has 2 heterocycles. The van der Waals surface area contributed by atoms with Gasteiger partial charge in [0.2, 0.25) is 0 Å². The topological polar surface area (TPSA) is 61.7 Å². The summed E-state index contributed by atoms with van der Waals surface area (Å²) in [6.07, 6.45) is 5.50. The molecule has 1 aromatic carbocycles. The van der Waals surface area contributed by atoms with Gasteiger partial charge in [-0.05, 0) is 18.7 Å². The molecular weight excluding hydrogens is 321 g/mol. The molecule has 2 aromatic heterocycles. The lowest BCUT2D eigenvalue weighted by Gasteiger charge is -2.08. The number of para-hydroxylation sites is 2. The fraction of sp³-hybridized carbons (Fsp3) is 0.333. The van der Waals surface area contributed by atoms with Crippen molar-refractivity contribution in [2.24, 2.45) is 12.8 Å². The summed E-state index contributed by atoms with van der Waals surface area (Å²) in [4.78, 5) is 9.06. The number of rotatable bonds is 5. The summed E-state index contributed by atoms with van der Waals surface area (Å²) in [6, 6.07) is 8.23. The summed E-state index contributed by atoms with van der Waals surface area (Å²) in [6.45, 7) is 1.49. The number of fused-ring (bicyclic) bond motifs is 1. The lowest BCUT2D eigenvalue weighted by Crippen LogP contribution is -2.12. The van der Waals surface area contributed by atoms with Gasteiger partial charge in [0.25, 0.3) is 0 Å². The molecule has 0 saturated carbocycles. The van der Waals surface area contributed by atoms with E-state index in [-0.39, 0.29) is 24.8 Å². The van der Waals surface area contributed by atoms with Crippen LogP contribution in [0.15, 0.2) is 36.7 Å². The SMILES string of the molecule is Cl.Cl.Cn1ccnc1CCn1c(CCN)nc2ccccc21. The molecule has 0 aliphatic heterocycles. The number of nitrogens with two attached hydrogens (primary N) is 1. The third-order valence-corrected chi connectivity index (χ3v) is 3.58. The van der Waals surface area contributed by atoms with Crippen LogP contribution in [0.1, 0.15) is 11.6 Å². The Morgan fingerprint density at radius 2 is 1.86 bits per heavy atom. The van der Waals surface area contributed by atoms with Crippen LogP contribution in [0.25, 0.3) is 11.0 Å². The quantitative estimate of drug-likeness (QED) is 0.774. The number of benzene rings is 1. The van der Waals surface area contributed by atoms with Gasteiger partial charge >= 0.3 is 0 Å². The third-order valence-electron chi connectivity index (χ3n) is 3.58. The monoisotopic (exact) mass is 341 g/mol. The highest BCUT2D eigenvalue weighted by atomic mass is 35.5. The second kappa shape index (κ2) is 8.17. The summed E-state index contributed by atoms with van der Waals surface area (Å²) in [7, 11) is 2.02. The summed E-state index contributed by atoms with van der Waals surface area (Å²) in [5.74, 6) is 2.14. The average molecular weight is 342 g/mol. The lowest BCUT2D eigenvalue weighted by atomic mass is 10.3. The van der Waals surface area contributed by atoms with E-state index in [2.05, 4.69) is 25.2 Å². The number of imidazole rings is 2. The number of hydrogen-bond acceptors (Lipinski definition) is 3. The van der Waals surface area contributed by atoms with Crippen LogP contribution in [0.2, 0.25) is 0 Å². The van der Waals surface area contributed by atoms with Crippen molar-refractivity contribution in [3.63, 3.8) is 0 Å². The number of halogens is 2. The Morgan fingerprint density at radius 3 is 2.55 bits per heavy atom. The normalized spacial score (nSPS) is 10.3. The number of aromatic nitrogens is 4. The molecule has 0 amide bonds. The van der Waals surface area contributed by atoms with E-state index in [1.54, 1.807) is 0 Å². The van der Waals surface area contributed by atoms with Gasteiger partial charge in [-0.3, -0.25) is 0 Å². The average Bonchev–Trinajstić information content (AvgIpc) is 3.01. The first-order chi connectivity index (χ1) is 9.79. The molecule has 0 fully saturated rings. The van der Waals surface area contributed by atoms with Gasteiger partial charge in [0.15, 0.2) is 0 Å². The Morgan fingerprint density at radius 1 is 1.09 bits per heavy atom. The zero-order valence-corrected chi connectivity index (χ0v) is 14.1. The summed E-state index contributed by atoms with van der Waals surface area (Å²) in [5, 5.41) is 0. The highest BCUT2D eigenvalue weighted by molar-refractivity contribution is 5.85. The van der Waals surface area contributed by atoms with E-state index in [1.807, 2.05) is 37.6 Å². The van der Waals surface area contributed by atoms with Gasteiger partial charge in [-0.25, -0.2) is 9.97 Å². The molecule has 0 bridgehead atoms. The van der Waals surface area contributed by atoms with Crippen LogP contribution in [0.5, 0.6) is 0 Å². The van der Waals surface area contributed by atoms with Gasteiger partial charge in [0, 0.05) is 38.8 Å². The van der Waals surface area contributed by atoms with Crippen molar-refractivity contribution < 1.29 is 0 Å². The molecule has 7 heteroatoms. The van der Waals surface area contributed by atoms with Crippen molar-refractivity contribution in [2.75, 3.05) is 6.54 Å². The smallest absolute Gasteiger partial charge is 0.111 e. The van der Waals surface area contributed by atoms with E-state index in [4.69, 9.17) is 5.73 Å². The molecule has 5 nitrogen and oxygen atoms in total. The van der Waals surface area contributed by atoms with Gasteiger partial charge in [0.05, 0.1) is 11.0 Å². The van der Waals surface area contributed by atoms with Crippen molar-refractivity contribution >= 4 is 35.8 Å². The van der Waals surface area contributed by atoms with Crippen molar-refractivity contribution in [1.29, 1.82) is 0 Å². The highest BCUT2D eigenvalue weighted by Gasteiger charge is 2.10. The Balaban J connectivity index is 0.00000121. The van der Waals surface area contributed by atoms with Gasteiger partial charge < -0.3 is 14.9 Å². The molecule has 3 aromatic rings. The largest absolute Gasteiger partial charge is 0.338 e. The van der Waals surface area contributed by atoms with Gasteiger partial charge in [-0.2, -0.15) is 0 Å². The Kier molecular flexibility index (Phi) is 6.87. The minimum Gasteiger partial charge on any atom is -0.338 e. The molecule has 0 saturated heterocycles. The minimum absolute atomic E-state index is 0. The van der Waals surface area contributed by atoms with Crippen LogP contribution in [0, 0.1) is 0 Å². The number of hydrogen-bond donors (Lipinski definition) is 1. The van der Waals surface area contributed by atoms with Crippen molar-refractivity contribution in [3.05, 3.63) is 48.3 Å². The molecular formula is C15H21Cl2N5. The van der Waals surface area contributed by atoms with E-state index in [9.17, 15) is 0 Å². The maximum absolute atomic E-state index is 5.70. The van der Waals surface area contributed by atoms with Crippen LogP contribution in [-0.4, -0.2) is 25.6 Å². The Bertz CT molecular complexity index is 720. The number of aryl methyl sites for hydroxylation is 3. The lowest BCUT2D eigenvalue weighted by molar-refractivity contribution is 0.632. The first-order valence-corrected chi connectivity index (χ1v) is 6.90. The molecule has 22 heavy (non-hydrogen) atoms. The van der Waals surface area contributed by atoms with Crippen molar-refractivity contribution in [2.45, 2.75) is 19.4 Å². The van der Waals surface area contributed by atoms with E-state index in [0.717, 1.165) is 36.6 Å². The first-order valence-electron chi connectivity index (χ1n) is 6.90. The standard InChI is InChI=1S/C15H19N5.2ClH/c1-19-11-9-17-14(19)7-10-20-13-5-3-2-4-12(13)18-15(20)6-8-16;;/h2-5,9,11H,6-8,10,16H2,1H3;2*1H. The fourth-order valence-corrected chi connectivity index (χ4v) is 2.54. The van der Waals surface area contributed by atoms with Crippen LogP contribution in [0.3, 0.4) is 0 Å². The molecule has 120 valence electrons. The fourth-order valence-electron chi connectivity index (χ4n) is 2.54. The van der Waals surface area contributed by atoms with E-state index >= 15 is 0 Å². The first kappa shape index (κ1) is 18.5. The second-order valence-corrected chi connectivity index (χ2v) is 4.91. The number of nitrogens with zero attached hydrogens (tertiary/aromatic N) is 4. The molecule has 2 N–H and O–H groups in total. The molecule has 0 radical (unpaired) electrons. The van der Waals surface area contributed by atoms with Crippen molar-refractivity contribution in [1.82, 2.24) is 19.1 Å². The summed E-state index contributed by atoms with van der Waals surface area (Å²) < 4.78 is 4.32. The molecule has 0 atom stereocenters. The predicted octanol–water partition coefficient (Wildman–Crippen LogP) is 2.36. The second-order valence-electron chi connectivity index (χ2n) is 4.91. The maximum atomic E-state index is 5.70. The molecule has 0 aliphatic rings. The van der Waals surface area contributed by atoms with Crippen LogP contribution < -0.4 is 5.73 Å².